The van der Waals surface area contributed by atoms with Crippen LogP contribution in [0.2, 0.25) is 0 Å². The first-order valence-corrected chi connectivity index (χ1v) is 14.6. The lowest BCUT2D eigenvalue weighted by Gasteiger charge is -2.43. The molecule has 0 heterocycles. The molecular weight excluding hydrogens is 540 g/mol. The molecule has 1 fully saturated rings. The number of hydrogen-bond acceptors (Lipinski definition) is 12. The molecule has 0 aromatic heterocycles. The van der Waals surface area contributed by atoms with Gasteiger partial charge in [0, 0.05) is 40.0 Å². The quantitative estimate of drug-likeness (QED) is 0.129. The van der Waals surface area contributed by atoms with Crippen molar-refractivity contribution < 1.29 is 57.9 Å². The molecule has 0 bridgehead atoms. The molecule has 0 aromatic carbocycles. The zero-order valence-corrected chi connectivity index (χ0v) is 24.8. The lowest BCUT2D eigenvalue weighted by atomic mass is 9.80. The number of ether oxygens (including phenoxy) is 5. The summed E-state index contributed by atoms with van der Waals surface area (Å²) in [5.74, 6) is -3.84. The summed E-state index contributed by atoms with van der Waals surface area (Å²) in [6.45, 7) is 4.35. The summed E-state index contributed by atoms with van der Waals surface area (Å²) in [6.07, 6.45) is 4.18. The van der Waals surface area contributed by atoms with Gasteiger partial charge in [-0.05, 0) is 19.3 Å². The summed E-state index contributed by atoms with van der Waals surface area (Å²) < 4.78 is 27.1. The van der Waals surface area contributed by atoms with E-state index in [0.29, 0.717) is 12.8 Å². The fourth-order valence-electron chi connectivity index (χ4n) is 4.96. The Kier molecular flexibility index (Phi) is 17.9. The van der Waals surface area contributed by atoms with Gasteiger partial charge in [0.1, 0.15) is 12.2 Å². The van der Waals surface area contributed by atoms with Crippen molar-refractivity contribution in [2.24, 2.45) is 5.92 Å². The fraction of sp³-hybridized carbons (Fsp3) is 0.828. The zero-order chi connectivity index (χ0) is 30.8. The van der Waals surface area contributed by atoms with Gasteiger partial charge in [-0.15, -0.1) is 0 Å². The highest BCUT2D eigenvalue weighted by atomic mass is 16.6. The van der Waals surface area contributed by atoms with Gasteiger partial charge in [-0.2, -0.15) is 0 Å². The van der Waals surface area contributed by atoms with Crippen molar-refractivity contribution in [1.82, 2.24) is 0 Å². The van der Waals surface area contributed by atoms with Gasteiger partial charge in [0.2, 0.25) is 0 Å². The van der Waals surface area contributed by atoms with Crippen molar-refractivity contribution in [3.8, 4) is 0 Å². The van der Waals surface area contributed by atoms with Crippen LogP contribution in [-0.4, -0.2) is 83.8 Å². The van der Waals surface area contributed by atoms with E-state index in [0.717, 1.165) is 65.2 Å². The number of unbranched alkanes of at least 4 members (excludes halogenated alkanes) is 8. The third-order valence-electron chi connectivity index (χ3n) is 6.83. The molecule has 236 valence electrons. The maximum atomic E-state index is 12.8. The Labute approximate surface area is 242 Å². The predicted octanol–water partition coefficient (Wildman–Crippen LogP) is 2.92. The fourth-order valence-corrected chi connectivity index (χ4v) is 4.96. The van der Waals surface area contributed by atoms with E-state index in [1.165, 1.54) is 13.8 Å². The molecule has 0 spiro atoms. The predicted molar refractivity (Wildman–Crippen MR) is 145 cm³/mol. The van der Waals surface area contributed by atoms with E-state index in [2.05, 4.69) is 0 Å². The molecule has 0 radical (unpaired) electrons. The van der Waals surface area contributed by atoms with Crippen molar-refractivity contribution in [2.45, 2.75) is 135 Å². The molecule has 0 aromatic rings. The highest BCUT2D eigenvalue weighted by Gasteiger charge is 2.52. The van der Waals surface area contributed by atoms with Crippen LogP contribution in [0.3, 0.4) is 0 Å². The first-order chi connectivity index (χ1) is 19.4. The third kappa shape index (κ3) is 15.7. The van der Waals surface area contributed by atoms with Crippen molar-refractivity contribution in [3.05, 3.63) is 0 Å². The minimum atomic E-state index is -1.27. The Bertz CT molecular complexity index is 829. The van der Waals surface area contributed by atoms with Gasteiger partial charge in [0.15, 0.2) is 12.2 Å². The second-order valence-corrected chi connectivity index (χ2v) is 10.6. The maximum absolute atomic E-state index is 12.8. The number of aliphatic hydroxyl groups is 2. The molecule has 41 heavy (non-hydrogen) atoms. The van der Waals surface area contributed by atoms with E-state index in [4.69, 9.17) is 28.8 Å². The van der Waals surface area contributed by atoms with Gasteiger partial charge in [-0.3, -0.25) is 24.0 Å². The molecule has 1 rings (SSSR count). The van der Waals surface area contributed by atoms with Gasteiger partial charge in [0.05, 0.1) is 19.3 Å². The van der Waals surface area contributed by atoms with Gasteiger partial charge in [0.25, 0.3) is 0 Å². The molecular formula is C29H48O12. The average Bonchev–Trinajstić information content (AvgIpc) is 2.88. The van der Waals surface area contributed by atoms with Crippen LogP contribution in [0, 0.1) is 5.92 Å². The second-order valence-electron chi connectivity index (χ2n) is 10.6. The molecule has 0 aliphatic heterocycles. The smallest absolute Gasteiger partial charge is 0.306 e. The van der Waals surface area contributed by atoms with Crippen molar-refractivity contribution in [2.75, 3.05) is 13.2 Å². The Balaban J connectivity index is 2.70. The monoisotopic (exact) mass is 588 g/mol. The van der Waals surface area contributed by atoms with Crippen LogP contribution in [0.15, 0.2) is 0 Å². The molecule has 12 nitrogen and oxygen atoms in total. The van der Waals surface area contributed by atoms with Crippen LogP contribution >= 0.6 is 0 Å². The van der Waals surface area contributed by atoms with Gasteiger partial charge >= 0.3 is 29.8 Å². The lowest BCUT2D eigenvalue weighted by molar-refractivity contribution is -0.222. The minimum absolute atomic E-state index is 0.0442. The number of esters is 5. The van der Waals surface area contributed by atoms with Crippen LogP contribution in [0.5, 0.6) is 0 Å². The number of rotatable bonds is 19. The van der Waals surface area contributed by atoms with E-state index in [-0.39, 0.29) is 26.1 Å². The van der Waals surface area contributed by atoms with Crippen molar-refractivity contribution in [1.29, 1.82) is 0 Å². The van der Waals surface area contributed by atoms with Crippen molar-refractivity contribution in [3.63, 3.8) is 0 Å². The molecule has 1 aliphatic carbocycles. The summed E-state index contributed by atoms with van der Waals surface area (Å²) in [7, 11) is 0. The summed E-state index contributed by atoms with van der Waals surface area (Å²) >= 11 is 0. The van der Waals surface area contributed by atoms with Gasteiger partial charge in [-0.1, -0.05) is 51.4 Å². The molecule has 1 saturated carbocycles. The largest absolute Gasteiger partial charge is 0.465 e. The number of hydrogen-bond donors (Lipinski definition) is 2. The topological polar surface area (TPSA) is 172 Å². The first-order valence-electron chi connectivity index (χ1n) is 14.6. The van der Waals surface area contributed by atoms with Crippen LogP contribution in [0.1, 0.15) is 105 Å². The van der Waals surface area contributed by atoms with Gasteiger partial charge in [-0.25, -0.2) is 0 Å². The molecule has 12 heteroatoms. The standard InChI is InChI=1S/C29H48O12/c1-19(31)37-18-23-16-25(38-20(2)32)28(39-21(3)33)29(40-22(4)34)27(23)41-26(36)15-13-11-9-7-5-6-8-10-12-14-24(35)17-30/h23-25,27-30,35H,5-18H2,1-4H3/t23-,24?,25-,27-,28+,29+/m1/s1. The van der Waals surface area contributed by atoms with Crippen LogP contribution in [0.25, 0.3) is 0 Å². The summed E-state index contributed by atoms with van der Waals surface area (Å²) in [5, 5.41) is 18.2. The maximum Gasteiger partial charge on any atom is 0.306 e. The molecule has 1 unspecified atom stereocenters. The van der Waals surface area contributed by atoms with E-state index < -0.39 is 66.3 Å². The molecule has 2 N–H and O–H groups in total. The van der Waals surface area contributed by atoms with Gasteiger partial charge < -0.3 is 33.9 Å². The summed E-state index contributed by atoms with van der Waals surface area (Å²) in [4.78, 5) is 59.9. The summed E-state index contributed by atoms with van der Waals surface area (Å²) in [6, 6.07) is 0. The highest BCUT2D eigenvalue weighted by molar-refractivity contribution is 5.70. The SMILES string of the molecule is CC(=O)OC[C@H]1C[C@@H](OC(C)=O)[C@H](OC(C)=O)[C@@H](OC(C)=O)[C@@H]1OC(=O)CCCCCCCCCCCC(O)CO. The molecule has 0 saturated heterocycles. The molecule has 1 aliphatic rings. The van der Waals surface area contributed by atoms with E-state index in [1.807, 2.05) is 0 Å². The Morgan fingerprint density at radius 1 is 0.659 bits per heavy atom. The highest BCUT2D eigenvalue weighted by Crippen LogP contribution is 2.35. The third-order valence-corrected chi connectivity index (χ3v) is 6.83. The lowest BCUT2D eigenvalue weighted by Crippen LogP contribution is -2.59. The van der Waals surface area contributed by atoms with E-state index in [1.54, 1.807) is 0 Å². The first kappa shape index (κ1) is 36.3. The molecule has 6 atom stereocenters. The van der Waals surface area contributed by atoms with E-state index in [9.17, 15) is 29.1 Å². The Morgan fingerprint density at radius 2 is 1.17 bits per heavy atom. The van der Waals surface area contributed by atoms with E-state index >= 15 is 0 Å². The average molecular weight is 589 g/mol. The Hall–Kier alpha value is -2.73. The summed E-state index contributed by atoms with van der Waals surface area (Å²) in [5.41, 5.74) is 0. The number of carbonyl (C=O) groups is 5. The zero-order valence-electron chi connectivity index (χ0n) is 24.8. The van der Waals surface area contributed by atoms with Crippen LogP contribution < -0.4 is 0 Å². The van der Waals surface area contributed by atoms with Crippen LogP contribution in [0.4, 0.5) is 0 Å². The Morgan fingerprint density at radius 3 is 1.68 bits per heavy atom. The molecule has 0 amide bonds. The minimum Gasteiger partial charge on any atom is -0.465 e. The number of carbonyl (C=O) groups excluding carboxylic acids is 5. The second kappa shape index (κ2) is 20.2. The van der Waals surface area contributed by atoms with Crippen LogP contribution in [-0.2, 0) is 47.7 Å². The number of aliphatic hydroxyl groups excluding tert-OH is 2. The van der Waals surface area contributed by atoms with Crippen molar-refractivity contribution >= 4 is 29.8 Å². The normalized spacial score (nSPS) is 22.7.